The fraction of sp³-hybridized carbons (Fsp3) is 0.286. The summed E-state index contributed by atoms with van der Waals surface area (Å²) >= 11 is 3.27. The van der Waals surface area contributed by atoms with Gasteiger partial charge in [-0.3, -0.25) is 0 Å². The van der Waals surface area contributed by atoms with Crippen LogP contribution in [0, 0.1) is 0 Å². The number of nitrogens with one attached hydrogen (secondary N) is 1. The number of rotatable bonds is 5. The lowest BCUT2D eigenvalue weighted by Crippen LogP contribution is -1.95. The van der Waals surface area contributed by atoms with E-state index >= 15 is 0 Å². The Kier molecular flexibility index (Phi) is 3.84. The highest BCUT2D eigenvalue weighted by Gasteiger charge is 2.16. The zero-order valence-corrected chi connectivity index (χ0v) is 13.0. The fourth-order valence-electron chi connectivity index (χ4n) is 1.91. The molecule has 0 atom stereocenters. The summed E-state index contributed by atoms with van der Waals surface area (Å²) in [7, 11) is 0. The largest absolute Gasteiger partial charge is 0.462 e. The number of aryl methyl sites for hydroxylation is 1. The van der Waals surface area contributed by atoms with Gasteiger partial charge >= 0.3 is 0 Å². The summed E-state index contributed by atoms with van der Waals surface area (Å²) in [5.74, 6) is 0.818. The fourth-order valence-corrected chi connectivity index (χ4v) is 3.84. The predicted molar refractivity (Wildman–Crippen MR) is 84.5 cm³/mol. The van der Waals surface area contributed by atoms with Gasteiger partial charge in [0.1, 0.15) is 0 Å². The lowest BCUT2D eigenvalue weighted by molar-refractivity contribution is 0.581. The van der Waals surface area contributed by atoms with Gasteiger partial charge in [-0.25, -0.2) is 9.97 Å². The highest BCUT2D eigenvalue weighted by atomic mass is 32.1. The van der Waals surface area contributed by atoms with Crippen LogP contribution in [0.15, 0.2) is 28.2 Å². The molecule has 6 heteroatoms. The van der Waals surface area contributed by atoms with Crippen LogP contribution in [-0.2, 0) is 6.42 Å². The lowest BCUT2D eigenvalue weighted by Gasteiger charge is -1.95. The normalized spacial score (nSPS) is 10.9. The van der Waals surface area contributed by atoms with Gasteiger partial charge in [0.15, 0.2) is 15.9 Å². The highest BCUT2D eigenvalue weighted by molar-refractivity contribution is 7.19. The van der Waals surface area contributed by atoms with Crippen LogP contribution in [0.3, 0.4) is 0 Å². The Hall–Kier alpha value is -1.66. The second-order valence-corrected chi connectivity index (χ2v) is 6.05. The van der Waals surface area contributed by atoms with Gasteiger partial charge in [-0.15, -0.1) is 22.7 Å². The van der Waals surface area contributed by atoms with Crippen molar-refractivity contribution < 1.29 is 4.42 Å². The minimum absolute atomic E-state index is 0.818. The predicted octanol–water partition coefficient (Wildman–Crippen LogP) is 4.52. The van der Waals surface area contributed by atoms with E-state index in [1.165, 1.54) is 0 Å². The molecule has 0 fully saturated rings. The van der Waals surface area contributed by atoms with E-state index in [4.69, 9.17) is 4.42 Å². The van der Waals surface area contributed by atoms with Crippen molar-refractivity contribution in [3.05, 3.63) is 29.5 Å². The van der Waals surface area contributed by atoms with Gasteiger partial charge in [-0.2, -0.15) is 0 Å². The van der Waals surface area contributed by atoms with Crippen molar-refractivity contribution in [3.63, 3.8) is 0 Å². The molecule has 3 aromatic heterocycles. The minimum atomic E-state index is 0.818. The van der Waals surface area contributed by atoms with Crippen molar-refractivity contribution in [3.8, 4) is 21.3 Å². The third-order valence-electron chi connectivity index (χ3n) is 2.83. The summed E-state index contributed by atoms with van der Waals surface area (Å²) in [5, 5.41) is 7.20. The Morgan fingerprint density at radius 2 is 2.20 bits per heavy atom. The molecule has 0 aliphatic heterocycles. The van der Waals surface area contributed by atoms with E-state index < -0.39 is 0 Å². The van der Waals surface area contributed by atoms with Crippen molar-refractivity contribution in [1.29, 1.82) is 0 Å². The van der Waals surface area contributed by atoms with Crippen molar-refractivity contribution in [2.45, 2.75) is 20.3 Å². The van der Waals surface area contributed by atoms with E-state index in [1.807, 2.05) is 12.1 Å². The van der Waals surface area contributed by atoms with Crippen molar-refractivity contribution in [2.24, 2.45) is 0 Å². The second kappa shape index (κ2) is 5.76. The second-order valence-electron chi connectivity index (χ2n) is 4.19. The summed E-state index contributed by atoms with van der Waals surface area (Å²) in [6.45, 7) is 5.07. The van der Waals surface area contributed by atoms with Gasteiger partial charge in [0.05, 0.1) is 22.5 Å². The Bertz CT molecular complexity index is 685. The average Bonchev–Trinajstić information content (AvgIpc) is 3.18. The van der Waals surface area contributed by atoms with E-state index in [9.17, 15) is 0 Å². The summed E-state index contributed by atoms with van der Waals surface area (Å²) in [6, 6.07) is 3.82. The van der Waals surface area contributed by atoms with Crippen LogP contribution in [0.5, 0.6) is 0 Å². The zero-order valence-electron chi connectivity index (χ0n) is 11.3. The van der Waals surface area contributed by atoms with Crippen LogP contribution in [0.2, 0.25) is 0 Å². The van der Waals surface area contributed by atoms with E-state index in [-0.39, 0.29) is 0 Å². The molecule has 0 aliphatic rings. The molecule has 1 N–H and O–H groups in total. The highest BCUT2D eigenvalue weighted by Crippen LogP contribution is 2.37. The van der Waals surface area contributed by atoms with Crippen molar-refractivity contribution >= 4 is 27.8 Å². The van der Waals surface area contributed by atoms with E-state index in [0.29, 0.717) is 0 Å². The van der Waals surface area contributed by atoms with E-state index in [0.717, 1.165) is 45.1 Å². The molecule has 20 heavy (non-hydrogen) atoms. The molecule has 0 saturated heterocycles. The molecule has 104 valence electrons. The van der Waals surface area contributed by atoms with Crippen LogP contribution in [0.4, 0.5) is 5.13 Å². The first-order chi connectivity index (χ1) is 9.81. The maximum atomic E-state index is 5.43. The first-order valence-corrected chi connectivity index (χ1v) is 8.24. The molecular formula is C14H15N3OS2. The molecule has 0 aromatic carbocycles. The third kappa shape index (κ3) is 2.48. The van der Waals surface area contributed by atoms with Gasteiger partial charge in [-0.05, 0) is 25.5 Å². The quantitative estimate of drug-likeness (QED) is 0.753. The topological polar surface area (TPSA) is 51.0 Å². The van der Waals surface area contributed by atoms with Gasteiger partial charge in [0, 0.05) is 11.9 Å². The van der Waals surface area contributed by atoms with Gasteiger partial charge < -0.3 is 9.73 Å². The Morgan fingerprint density at radius 3 is 2.90 bits per heavy atom. The molecule has 4 nitrogen and oxygen atoms in total. The lowest BCUT2D eigenvalue weighted by atomic mass is 10.2. The Morgan fingerprint density at radius 1 is 1.30 bits per heavy atom. The van der Waals surface area contributed by atoms with Gasteiger partial charge in [0.25, 0.3) is 0 Å². The van der Waals surface area contributed by atoms with Crippen LogP contribution in [-0.4, -0.2) is 16.5 Å². The maximum Gasteiger partial charge on any atom is 0.183 e. The number of hydrogen-bond donors (Lipinski definition) is 1. The molecule has 0 saturated carbocycles. The first-order valence-electron chi connectivity index (χ1n) is 6.55. The molecule has 0 amide bonds. The Balaban J connectivity index is 1.99. The number of aromatic nitrogens is 2. The Labute approximate surface area is 125 Å². The summed E-state index contributed by atoms with van der Waals surface area (Å²) in [6.07, 6.45) is 2.56. The van der Waals surface area contributed by atoms with Gasteiger partial charge in [-0.1, -0.05) is 6.92 Å². The number of furan rings is 1. The maximum absolute atomic E-state index is 5.43. The van der Waals surface area contributed by atoms with E-state index in [1.54, 1.807) is 28.9 Å². The molecular weight excluding hydrogens is 290 g/mol. The smallest absolute Gasteiger partial charge is 0.183 e. The molecule has 3 aromatic rings. The number of anilines is 1. The number of nitrogens with zero attached hydrogens (tertiary/aromatic N) is 2. The van der Waals surface area contributed by atoms with Crippen molar-refractivity contribution in [2.75, 3.05) is 11.9 Å². The number of thiazole rings is 2. The van der Waals surface area contributed by atoms with E-state index in [2.05, 4.69) is 34.5 Å². The molecule has 3 rings (SSSR count). The zero-order chi connectivity index (χ0) is 13.9. The molecule has 0 unspecified atom stereocenters. The van der Waals surface area contributed by atoms with Crippen molar-refractivity contribution in [1.82, 2.24) is 9.97 Å². The molecule has 0 bridgehead atoms. The average molecular weight is 305 g/mol. The minimum Gasteiger partial charge on any atom is -0.462 e. The monoisotopic (exact) mass is 305 g/mol. The number of hydrogen-bond acceptors (Lipinski definition) is 6. The molecule has 0 aliphatic carbocycles. The summed E-state index contributed by atoms with van der Waals surface area (Å²) in [5.41, 5.74) is 2.08. The molecule has 0 spiro atoms. The third-order valence-corrected chi connectivity index (χ3v) is 4.76. The van der Waals surface area contributed by atoms with Crippen LogP contribution < -0.4 is 5.32 Å². The van der Waals surface area contributed by atoms with Crippen LogP contribution in [0.25, 0.3) is 21.3 Å². The first kappa shape index (κ1) is 13.3. The van der Waals surface area contributed by atoms with Gasteiger partial charge in [0.2, 0.25) is 0 Å². The van der Waals surface area contributed by atoms with Crippen LogP contribution in [0.1, 0.15) is 19.5 Å². The summed E-state index contributed by atoms with van der Waals surface area (Å²) in [4.78, 5) is 10.4. The molecule has 3 heterocycles. The standard InChI is InChI=1S/C14H15N3OS2/c1-3-9-12(10-8-19-14(17-10)15-4-2)20-13(16-9)11-6-5-7-18-11/h5-8H,3-4H2,1-2H3,(H,15,17). The summed E-state index contributed by atoms with van der Waals surface area (Å²) < 4.78 is 5.43. The van der Waals surface area contributed by atoms with Crippen LogP contribution >= 0.6 is 22.7 Å². The SMILES string of the molecule is CCNc1nc(-c2sc(-c3ccco3)nc2CC)cs1. The molecule has 0 radical (unpaired) electrons.